The summed E-state index contributed by atoms with van der Waals surface area (Å²) in [4.78, 5) is 16.6. The van der Waals surface area contributed by atoms with Crippen molar-refractivity contribution in [1.82, 2.24) is 20.1 Å². The van der Waals surface area contributed by atoms with Gasteiger partial charge in [0.15, 0.2) is 0 Å². The standard InChI is InChI=1S/C20H21FN4O2/c1-3-10-25-19(20(26)23-13-14-6-8-22-9-7-14)12-18(24-25)16-5-4-15(27-2)11-17(16)21/h4-9,11-12H,3,10,13H2,1-2H3,(H,23,26). The SMILES string of the molecule is CCCn1nc(-c2ccc(OC)cc2F)cc1C(=O)NCc1ccncc1. The van der Waals surface area contributed by atoms with Gasteiger partial charge in [0, 0.05) is 37.1 Å². The Kier molecular flexibility index (Phi) is 5.80. The molecule has 3 rings (SSSR count). The van der Waals surface area contributed by atoms with Gasteiger partial charge in [-0.05, 0) is 42.3 Å². The molecule has 0 saturated carbocycles. The van der Waals surface area contributed by atoms with E-state index in [9.17, 15) is 9.18 Å². The zero-order valence-corrected chi connectivity index (χ0v) is 15.3. The molecule has 0 radical (unpaired) electrons. The molecule has 27 heavy (non-hydrogen) atoms. The summed E-state index contributed by atoms with van der Waals surface area (Å²) in [5.74, 6) is -0.272. The van der Waals surface area contributed by atoms with Crippen molar-refractivity contribution in [2.45, 2.75) is 26.4 Å². The second-order valence-corrected chi connectivity index (χ2v) is 6.02. The molecular weight excluding hydrogens is 347 g/mol. The van der Waals surface area contributed by atoms with Crippen LogP contribution in [0.4, 0.5) is 4.39 Å². The van der Waals surface area contributed by atoms with Gasteiger partial charge in [0.05, 0.1) is 12.8 Å². The van der Waals surface area contributed by atoms with Gasteiger partial charge in [-0.25, -0.2) is 4.39 Å². The lowest BCUT2D eigenvalue weighted by atomic mass is 10.1. The number of methoxy groups -OCH3 is 1. The predicted molar refractivity (Wildman–Crippen MR) is 99.9 cm³/mol. The molecule has 0 fully saturated rings. The molecule has 0 aliphatic heterocycles. The first-order chi connectivity index (χ1) is 13.1. The van der Waals surface area contributed by atoms with E-state index < -0.39 is 5.82 Å². The summed E-state index contributed by atoms with van der Waals surface area (Å²) in [5.41, 5.74) is 2.09. The van der Waals surface area contributed by atoms with Crippen LogP contribution in [0.5, 0.6) is 5.75 Å². The second kappa shape index (κ2) is 8.44. The average Bonchev–Trinajstić information content (AvgIpc) is 3.10. The maximum atomic E-state index is 14.4. The van der Waals surface area contributed by atoms with E-state index in [1.807, 2.05) is 19.1 Å². The Morgan fingerprint density at radius 3 is 2.67 bits per heavy atom. The molecule has 7 heteroatoms. The van der Waals surface area contributed by atoms with Crippen molar-refractivity contribution >= 4 is 5.91 Å². The molecule has 2 aromatic heterocycles. The number of nitrogens with zero attached hydrogens (tertiary/aromatic N) is 3. The number of hydrogen-bond acceptors (Lipinski definition) is 4. The Morgan fingerprint density at radius 1 is 1.22 bits per heavy atom. The van der Waals surface area contributed by atoms with Crippen molar-refractivity contribution in [3.05, 3.63) is 65.9 Å². The molecule has 1 N–H and O–H groups in total. The number of carbonyl (C=O) groups excluding carboxylic acids is 1. The first-order valence-electron chi connectivity index (χ1n) is 8.71. The first-order valence-corrected chi connectivity index (χ1v) is 8.71. The molecule has 0 spiro atoms. The minimum Gasteiger partial charge on any atom is -0.497 e. The van der Waals surface area contributed by atoms with Crippen LogP contribution in [0.3, 0.4) is 0 Å². The van der Waals surface area contributed by atoms with E-state index in [4.69, 9.17) is 4.74 Å². The van der Waals surface area contributed by atoms with E-state index in [1.54, 1.807) is 35.3 Å². The van der Waals surface area contributed by atoms with Gasteiger partial charge in [0.1, 0.15) is 17.3 Å². The molecule has 0 aliphatic carbocycles. The third kappa shape index (κ3) is 4.31. The highest BCUT2D eigenvalue weighted by Crippen LogP contribution is 2.26. The fraction of sp³-hybridized carbons (Fsp3) is 0.250. The van der Waals surface area contributed by atoms with Crippen LogP contribution in [-0.2, 0) is 13.1 Å². The summed E-state index contributed by atoms with van der Waals surface area (Å²) >= 11 is 0. The van der Waals surface area contributed by atoms with Crippen LogP contribution < -0.4 is 10.1 Å². The third-order valence-corrected chi connectivity index (χ3v) is 4.10. The van der Waals surface area contributed by atoms with Crippen molar-refractivity contribution in [1.29, 1.82) is 0 Å². The fourth-order valence-corrected chi connectivity index (χ4v) is 2.72. The smallest absolute Gasteiger partial charge is 0.269 e. The molecule has 140 valence electrons. The normalized spacial score (nSPS) is 10.6. The minimum absolute atomic E-state index is 0.257. The van der Waals surface area contributed by atoms with Crippen LogP contribution in [0.25, 0.3) is 11.3 Å². The van der Waals surface area contributed by atoms with E-state index in [2.05, 4.69) is 15.4 Å². The highest BCUT2D eigenvalue weighted by atomic mass is 19.1. The summed E-state index contributed by atoms with van der Waals surface area (Å²) in [6.07, 6.45) is 4.15. The Balaban J connectivity index is 1.85. The number of nitrogens with one attached hydrogen (secondary N) is 1. The molecule has 0 atom stereocenters. The van der Waals surface area contributed by atoms with Crippen molar-refractivity contribution < 1.29 is 13.9 Å². The quantitative estimate of drug-likeness (QED) is 0.694. The lowest BCUT2D eigenvalue weighted by molar-refractivity contribution is 0.0940. The molecule has 0 aliphatic rings. The Labute approximate surface area is 157 Å². The third-order valence-electron chi connectivity index (χ3n) is 4.10. The number of benzene rings is 1. The summed E-state index contributed by atoms with van der Waals surface area (Å²) in [6, 6.07) is 9.86. The molecular formula is C20H21FN4O2. The lowest BCUT2D eigenvalue weighted by Gasteiger charge is -2.07. The fourth-order valence-electron chi connectivity index (χ4n) is 2.72. The first kappa shape index (κ1) is 18.6. The number of ether oxygens (including phenoxy) is 1. The van der Waals surface area contributed by atoms with Gasteiger partial charge < -0.3 is 10.1 Å². The number of hydrogen-bond donors (Lipinski definition) is 1. The number of rotatable bonds is 7. The minimum atomic E-state index is -0.445. The summed E-state index contributed by atoms with van der Waals surface area (Å²) in [5, 5.41) is 7.30. The Morgan fingerprint density at radius 2 is 2.00 bits per heavy atom. The van der Waals surface area contributed by atoms with Gasteiger partial charge in [-0.15, -0.1) is 0 Å². The number of carbonyl (C=O) groups is 1. The Hall–Kier alpha value is -3.22. The summed E-state index contributed by atoms with van der Waals surface area (Å²) < 4.78 is 21.0. The molecule has 6 nitrogen and oxygen atoms in total. The van der Waals surface area contributed by atoms with Gasteiger partial charge in [0.25, 0.3) is 5.91 Å². The predicted octanol–water partition coefficient (Wildman–Crippen LogP) is 3.43. The monoisotopic (exact) mass is 368 g/mol. The van der Waals surface area contributed by atoms with Gasteiger partial charge in [-0.3, -0.25) is 14.5 Å². The average molecular weight is 368 g/mol. The zero-order valence-electron chi connectivity index (χ0n) is 15.3. The van der Waals surface area contributed by atoms with Crippen molar-refractivity contribution in [3.8, 4) is 17.0 Å². The molecule has 1 aromatic carbocycles. The van der Waals surface area contributed by atoms with Crippen LogP contribution in [0.15, 0.2) is 48.8 Å². The van der Waals surface area contributed by atoms with Crippen molar-refractivity contribution in [2.24, 2.45) is 0 Å². The van der Waals surface area contributed by atoms with E-state index in [1.165, 1.54) is 13.2 Å². The van der Waals surface area contributed by atoms with Gasteiger partial charge >= 0.3 is 0 Å². The maximum absolute atomic E-state index is 14.4. The molecule has 1 amide bonds. The maximum Gasteiger partial charge on any atom is 0.269 e. The molecule has 3 aromatic rings. The highest BCUT2D eigenvalue weighted by Gasteiger charge is 2.18. The topological polar surface area (TPSA) is 69.0 Å². The van der Waals surface area contributed by atoms with Crippen LogP contribution in [-0.4, -0.2) is 27.8 Å². The lowest BCUT2D eigenvalue weighted by Crippen LogP contribution is -2.25. The number of aromatic nitrogens is 3. The van der Waals surface area contributed by atoms with Gasteiger partial charge in [-0.1, -0.05) is 6.92 Å². The van der Waals surface area contributed by atoms with Crippen LogP contribution in [0.2, 0.25) is 0 Å². The number of pyridine rings is 1. The van der Waals surface area contributed by atoms with Gasteiger partial charge in [0.2, 0.25) is 0 Å². The van der Waals surface area contributed by atoms with Crippen LogP contribution in [0, 0.1) is 5.82 Å². The van der Waals surface area contributed by atoms with E-state index in [0.717, 1.165) is 12.0 Å². The number of aryl methyl sites for hydroxylation is 1. The molecule has 0 unspecified atom stereocenters. The van der Waals surface area contributed by atoms with Crippen LogP contribution >= 0.6 is 0 Å². The molecule has 0 saturated heterocycles. The van der Waals surface area contributed by atoms with Crippen molar-refractivity contribution in [2.75, 3.05) is 7.11 Å². The highest BCUT2D eigenvalue weighted by molar-refractivity contribution is 5.93. The number of amides is 1. The Bertz CT molecular complexity index is 925. The zero-order chi connectivity index (χ0) is 19.2. The second-order valence-electron chi connectivity index (χ2n) is 6.02. The van der Waals surface area contributed by atoms with E-state index in [-0.39, 0.29) is 5.91 Å². The molecule has 2 heterocycles. The summed E-state index contributed by atoms with van der Waals surface area (Å²) in [7, 11) is 1.48. The van der Waals surface area contributed by atoms with E-state index >= 15 is 0 Å². The summed E-state index contributed by atoms with van der Waals surface area (Å²) in [6.45, 7) is 2.94. The van der Waals surface area contributed by atoms with Gasteiger partial charge in [-0.2, -0.15) is 5.10 Å². The van der Waals surface area contributed by atoms with Crippen molar-refractivity contribution in [3.63, 3.8) is 0 Å². The molecule has 0 bridgehead atoms. The largest absolute Gasteiger partial charge is 0.497 e. The number of halogens is 1. The van der Waals surface area contributed by atoms with E-state index in [0.29, 0.717) is 35.8 Å². The van der Waals surface area contributed by atoms with Crippen LogP contribution in [0.1, 0.15) is 29.4 Å².